The molecule has 0 spiro atoms. The van der Waals surface area contributed by atoms with E-state index in [9.17, 15) is 0 Å². The molecule has 1 aliphatic heterocycles. The number of anilines is 4. The number of ether oxygens (including phenoxy) is 1. The summed E-state index contributed by atoms with van der Waals surface area (Å²) in [5.74, 6) is 6.17. The average molecular weight is 783 g/mol. The first-order valence-electron chi connectivity index (χ1n) is 22.1. The standard InChI is InChI=1S/C55H50N4O/c1-36(2)39-19-21-44(22-20-39)57-35-58(52-18-9-8-17-51(52)57)45-13-10-14-46(33-45)60-47-23-24-49-48-15-6-7-16-50(48)59(53(49)34-47)54-32-41(25-26-56-54)55(40-11-4-3-5-12-40)42-28-37-27-38(30-42)31-43(55)29-37/h3-26,32-34,36-38,42-43H,27-31,35H2,1-2H3. The lowest BCUT2D eigenvalue weighted by atomic mass is 9.42. The fraction of sp³-hybridized carbons (Fsp3) is 0.255. The summed E-state index contributed by atoms with van der Waals surface area (Å²) in [6, 6.07) is 57.8. The smallest absolute Gasteiger partial charge is 0.137 e. The van der Waals surface area contributed by atoms with Gasteiger partial charge in [0.1, 0.15) is 24.0 Å². The van der Waals surface area contributed by atoms with Crippen molar-refractivity contribution < 1.29 is 4.74 Å². The maximum absolute atomic E-state index is 6.79. The molecule has 4 saturated carbocycles. The Kier molecular flexibility index (Phi) is 8.23. The van der Waals surface area contributed by atoms with Gasteiger partial charge in [-0.1, -0.05) is 92.7 Å². The minimum atomic E-state index is 0.00962. The van der Waals surface area contributed by atoms with Crippen LogP contribution in [0.4, 0.5) is 22.7 Å². The highest BCUT2D eigenvalue weighted by atomic mass is 16.5. The first-order valence-corrected chi connectivity index (χ1v) is 22.1. The van der Waals surface area contributed by atoms with Crippen LogP contribution in [0.15, 0.2) is 164 Å². The highest BCUT2D eigenvalue weighted by Gasteiger charge is 2.58. The second-order valence-corrected chi connectivity index (χ2v) is 18.3. The first-order chi connectivity index (χ1) is 29.5. The molecule has 0 amide bonds. The van der Waals surface area contributed by atoms with Crippen molar-refractivity contribution in [3.05, 3.63) is 181 Å². The number of hydrogen-bond acceptors (Lipinski definition) is 4. The number of rotatable bonds is 8. The van der Waals surface area contributed by atoms with Gasteiger partial charge in [0.15, 0.2) is 0 Å². The van der Waals surface area contributed by atoms with Crippen LogP contribution in [0, 0.1) is 23.7 Å². The van der Waals surface area contributed by atoms with Crippen LogP contribution >= 0.6 is 0 Å². The molecule has 4 aliphatic carbocycles. The van der Waals surface area contributed by atoms with Crippen molar-refractivity contribution in [3.63, 3.8) is 0 Å². The molecule has 0 unspecified atom stereocenters. The summed E-state index contributed by atoms with van der Waals surface area (Å²) in [5, 5.41) is 2.42. The summed E-state index contributed by atoms with van der Waals surface area (Å²) in [7, 11) is 0. The van der Waals surface area contributed by atoms with E-state index in [0.29, 0.717) is 17.8 Å². The van der Waals surface area contributed by atoms with Crippen LogP contribution in [0.5, 0.6) is 11.5 Å². The van der Waals surface area contributed by atoms with Crippen molar-refractivity contribution in [1.82, 2.24) is 9.55 Å². The quantitative estimate of drug-likeness (QED) is 0.154. The van der Waals surface area contributed by atoms with Gasteiger partial charge < -0.3 is 14.5 Å². The van der Waals surface area contributed by atoms with E-state index in [1.165, 1.54) is 76.6 Å². The summed E-state index contributed by atoms with van der Waals surface area (Å²) < 4.78 is 9.16. The lowest BCUT2D eigenvalue weighted by molar-refractivity contribution is -0.0418. The Labute approximate surface area is 352 Å². The first kappa shape index (κ1) is 35.6. The Balaban J connectivity index is 0.910. The molecule has 5 heteroatoms. The van der Waals surface area contributed by atoms with E-state index in [1.54, 1.807) is 0 Å². The Hall–Kier alpha value is -6.33. The minimum Gasteiger partial charge on any atom is -0.457 e. The molecule has 6 aromatic carbocycles. The number of fused-ring (bicyclic) bond motifs is 4. The molecule has 0 saturated heterocycles. The number of aromatic nitrogens is 2. The third kappa shape index (κ3) is 5.55. The molecule has 5 aliphatic rings. The number of benzene rings is 6. The van der Waals surface area contributed by atoms with E-state index < -0.39 is 0 Å². The van der Waals surface area contributed by atoms with Crippen LogP contribution in [0.25, 0.3) is 27.6 Å². The van der Waals surface area contributed by atoms with Crippen molar-refractivity contribution in [3.8, 4) is 17.3 Å². The zero-order valence-corrected chi connectivity index (χ0v) is 34.4. The molecule has 3 heterocycles. The summed E-state index contributed by atoms with van der Waals surface area (Å²) in [6.45, 7) is 5.21. The largest absolute Gasteiger partial charge is 0.457 e. The third-order valence-corrected chi connectivity index (χ3v) is 14.8. The van der Waals surface area contributed by atoms with Crippen molar-refractivity contribution in [2.75, 3.05) is 16.5 Å². The van der Waals surface area contributed by atoms with Crippen LogP contribution in [0.3, 0.4) is 0 Å². The molecule has 0 N–H and O–H groups in total. The van der Waals surface area contributed by atoms with Crippen LogP contribution in [-0.2, 0) is 5.41 Å². The average Bonchev–Trinajstić information content (AvgIpc) is 3.83. The fourth-order valence-corrected chi connectivity index (χ4v) is 12.4. The van der Waals surface area contributed by atoms with Gasteiger partial charge in [0.2, 0.25) is 0 Å². The molecule has 2 aromatic heterocycles. The van der Waals surface area contributed by atoms with Gasteiger partial charge in [-0.2, -0.15) is 0 Å². The SMILES string of the molecule is CC(C)c1ccc(N2CN(c3cccc(Oc4ccc5c6ccccc6n(-c6cc(C7(c8ccccc8)C8CC9CC(C8)CC7C9)ccn6)c5c4)c3)c3ccccc32)cc1. The van der Waals surface area contributed by atoms with Gasteiger partial charge in [-0.15, -0.1) is 0 Å². The van der Waals surface area contributed by atoms with Crippen molar-refractivity contribution in [2.45, 2.75) is 57.3 Å². The fourth-order valence-electron chi connectivity index (χ4n) is 12.4. The maximum Gasteiger partial charge on any atom is 0.137 e. The van der Waals surface area contributed by atoms with E-state index in [0.717, 1.165) is 52.5 Å². The van der Waals surface area contributed by atoms with Crippen LogP contribution in [0.1, 0.15) is 68.6 Å². The van der Waals surface area contributed by atoms with E-state index >= 15 is 0 Å². The second kappa shape index (κ2) is 13.9. The number of pyridine rings is 1. The molecule has 8 aromatic rings. The topological polar surface area (TPSA) is 33.5 Å². The summed E-state index contributed by atoms with van der Waals surface area (Å²) in [6.07, 6.45) is 8.87. The molecule has 296 valence electrons. The van der Waals surface area contributed by atoms with Gasteiger partial charge in [0, 0.05) is 45.9 Å². The van der Waals surface area contributed by atoms with Crippen LogP contribution in [-0.4, -0.2) is 16.2 Å². The minimum absolute atomic E-state index is 0.00962. The number of hydrogen-bond donors (Lipinski definition) is 0. The Morgan fingerprint density at radius 2 is 1.22 bits per heavy atom. The Bertz CT molecular complexity index is 2870. The summed E-state index contributed by atoms with van der Waals surface area (Å²) in [4.78, 5) is 9.93. The molecular formula is C55H50N4O. The van der Waals surface area contributed by atoms with Crippen molar-refractivity contribution >= 4 is 44.6 Å². The second-order valence-electron chi connectivity index (χ2n) is 18.3. The maximum atomic E-state index is 6.79. The zero-order valence-electron chi connectivity index (χ0n) is 34.4. The molecule has 0 atom stereocenters. The molecule has 60 heavy (non-hydrogen) atoms. The summed E-state index contributed by atoms with van der Waals surface area (Å²) in [5.41, 5.74) is 11.2. The van der Waals surface area contributed by atoms with Gasteiger partial charge in [-0.05, 0) is 145 Å². The molecule has 4 fully saturated rings. The molecule has 13 rings (SSSR count). The third-order valence-electron chi connectivity index (χ3n) is 14.8. The predicted octanol–water partition coefficient (Wildman–Crippen LogP) is 14.1. The van der Waals surface area contributed by atoms with E-state index in [2.05, 4.69) is 192 Å². The zero-order chi connectivity index (χ0) is 40.0. The number of nitrogens with zero attached hydrogens (tertiary/aromatic N) is 4. The Morgan fingerprint density at radius 1 is 0.550 bits per heavy atom. The van der Waals surface area contributed by atoms with Gasteiger partial charge in [-0.3, -0.25) is 4.57 Å². The highest BCUT2D eigenvalue weighted by Crippen LogP contribution is 2.65. The van der Waals surface area contributed by atoms with Gasteiger partial charge >= 0.3 is 0 Å². The van der Waals surface area contributed by atoms with Crippen molar-refractivity contribution in [1.29, 1.82) is 0 Å². The molecule has 5 nitrogen and oxygen atoms in total. The van der Waals surface area contributed by atoms with Gasteiger partial charge in [0.05, 0.1) is 22.4 Å². The monoisotopic (exact) mass is 782 g/mol. The summed E-state index contributed by atoms with van der Waals surface area (Å²) >= 11 is 0. The van der Waals surface area contributed by atoms with Crippen molar-refractivity contribution in [2.24, 2.45) is 23.7 Å². The van der Waals surface area contributed by atoms with Crippen LogP contribution in [0.2, 0.25) is 0 Å². The normalized spacial score (nSPS) is 22.9. The molecule has 4 bridgehead atoms. The Morgan fingerprint density at radius 3 is 1.97 bits per heavy atom. The lowest BCUT2D eigenvalue weighted by Gasteiger charge is -2.62. The van der Waals surface area contributed by atoms with Gasteiger partial charge in [0.25, 0.3) is 0 Å². The molecular weight excluding hydrogens is 733 g/mol. The van der Waals surface area contributed by atoms with Gasteiger partial charge in [-0.25, -0.2) is 4.98 Å². The molecule has 0 radical (unpaired) electrons. The van der Waals surface area contributed by atoms with Crippen LogP contribution < -0.4 is 14.5 Å². The van der Waals surface area contributed by atoms with E-state index in [1.807, 2.05) is 0 Å². The van der Waals surface area contributed by atoms with E-state index in [4.69, 9.17) is 9.72 Å². The van der Waals surface area contributed by atoms with E-state index in [-0.39, 0.29) is 5.41 Å². The predicted molar refractivity (Wildman–Crippen MR) is 245 cm³/mol. The highest BCUT2D eigenvalue weighted by molar-refractivity contribution is 6.09. The lowest BCUT2D eigenvalue weighted by Crippen LogP contribution is -2.56. The number of para-hydroxylation sites is 3.